The molecule has 24 heavy (non-hydrogen) atoms. The van der Waals surface area contributed by atoms with Crippen LogP contribution in [0.5, 0.6) is 0 Å². The van der Waals surface area contributed by atoms with E-state index in [1.54, 1.807) is 6.20 Å². The van der Waals surface area contributed by atoms with Gasteiger partial charge < -0.3 is 10.6 Å². The highest BCUT2D eigenvalue weighted by Gasteiger charge is 2.05. The minimum absolute atomic E-state index is 0.116. The molecule has 0 radical (unpaired) electrons. The number of nitrogens with zero attached hydrogens (tertiary/aromatic N) is 1. The number of amides is 1. The van der Waals surface area contributed by atoms with Crippen LogP contribution in [0.25, 0.3) is 0 Å². The number of thiazole rings is 1. The molecule has 0 atom stereocenters. The molecule has 0 unspecified atom stereocenters. The number of carbonyl (C=O) groups is 1. The van der Waals surface area contributed by atoms with Crippen molar-refractivity contribution in [2.24, 2.45) is 0 Å². The third-order valence-corrected chi connectivity index (χ3v) is 4.56. The van der Waals surface area contributed by atoms with Crippen LogP contribution in [-0.4, -0.2) is 10.9 Å². The van der Waals surface area contributed by atoms with Gasteiger partial charge in [0.1, 0.15) is 0 Å². The van der Waals surface area contributed by atoms with Gasteiger partial charge in [-0.3, -0.25) is 4.79 Å². The van der Waals surface area contributed by atoms with Crippen LogP contribution in [0.15, 0.2) is 54.7 Å². The van der Waals surface area contributed by atoms with Crippen molar-refractivity contribution in [3.8, 4) is 0 Å². The first kappa shape index (κ1) is 16.5. The van der Waals surface area contributed by atoms with E-state index < -0.39 is 0 Å². The molecule has 0 bridgehead atoms. The highest BCUT2D eigenvalue weighted by Crippen LogP contribution is 2.20. The summed E-state index contributed by atoms with van der Waals surface area (Å²) in [5, 5.41) is 6.18. The lowest BCUT2D eigenvalue weighted by Gasteiger charge is -2.08. The minimum atomic E-state index is -0.116. The van der Waals surface area contributed by atoms with E-state index in [9.17, 15) is 4.79 Å². The lowest BCUT2D eigenvalue weighted by atomic mass is 10.1. The normalized spacial score (nSPS) is 10.4. The van der Waals surface area contributed by atoms with Gasteiger partial charge in [0.05, 0.1) is 6.54 Å². The summed E-state index contributed by atoms with van der Waals surface area (Å²) in [6.07, 6.45) is 1.76. The number of anilines is 2. The zero-order valence-corrected chi connectivity index (χ0v) is 14.6. The standard InChI is InChI=1S/C18H16ClN3OS/c1-12-2-4-13(5-3-12)17(23)22-15-8-6-14(7-9-15)20-10-16-11-21-18(19)24-16/h2-9,11,20H,10H2,1H3,(H,22,23). The van der Waals surface area contributed by atoms with Gasteiger partial charge in [0.15, 0.2) is 4.47 Å². The van der Waals surface area contributed by atoms with E-state index in [0.717, 1.165) is 21.8 Å². The molecule has 1 aromatic heterocycles. The highest BCUT2D eigenvalue weighted by molar-refractivity contribution is 7.15. The zero-order valence-electron chi connectivity index (χ0n) is 13.0. The van der Waals surface area contributed by atoms with E-state index in [4.69, 9.17) is 11.6 Å². The summed E-state index contributed by atoms with van der Waals surface area (Å²) < 4.78 is 0.543. The van der Waals surface area contributed by atoms with Gasteiger partial charge in [-0.15, -0.1) is 11.3 Å². The summed E-state index contributed by atoms with van der Waals surface area (Å²) >= 11 is 7.26. The Morgan fingerprint density at radius 3 is 2.38 bits per heavy atom. The van der Waals surface area contributed by atoms with E-state index in [2.05, 4.69) is 15.6 Å². The average Bonchev–Trinajstić information content (AvgIpc) is 3.00. The van der Waals surface area contributed by atoms with E-state index in [-0.39, 0.29) is 5.91 Å². The first-order chi connectivity index (χ1) is 11.6. The van der Waals surface area contributed by atoms with Crippen LogP contribution in [-0.2, 0) is 6.54 Å². The zero-order chi connectivity index (χ0) is 16.9. The summed E-state index contributed by atoms with van der Waals surface area (Å²) in [7, 11) is 0. The molecule has 1 amide bonds. The molecule has 3 rings (SSSR count). The lowest BCUT2D eigenvalue weighted by Crippen LogP contribution is -2.11. The number of carbonyl (C=O) groups excluding carboxylic acids is 1. The van der Waals surface area contributed by atoms with Crippen molar-refractivity contribution in [2.45, 2.75) is 13.5 Å². The lowest BCUT2D eigenvalue weighted by molar-refractivity contribution is 0.102. The van der Waals surface area contributed by atoms with Crippen LogP contribution >= 0.6 is 22.9 Å². The Hall–Kier alpha value is -2.37. The van der Waals surface area contributed by atoms with Crippen molar-refractivity contribution >= 4 is 40.2 Å². The molecular weight excluding hydrogens is 342 g/mol. The molecule has 6 heteroatoms. The fourth-order valence-electron chi connectivity index (χ4n) is 2.13. The molecule has 0 spiro atoms. The molecule has 0 saturated heterocycles. The predicted octanol–water partition coefficient (Wildman–Crippen LogP) is 4.97. The van der Waals surface area contributed by atoms with Crippen LogP contribution in [0.2, 0.25) is 4.47 Å². The quantitative estimate of drug-likeness (QED) is 0.677. The van der Waals surface area contributed by atoms with E-state index >= 15 is 0 Å². The van der Waals surface area contributed by atoms with E-state index in [0.29, 0.717) is 16.6 Å². The van der Waals surface area contributed by atoms with Crippen molar-refractivity contribution in [1.82, 2.24) is 4.98 Å². The van der Waals surface area contributed by atoms with Gasteiger partial charge in [-0.2, -0.15) is 0 Å². The van der Waals surface area contributed by atoms with Crippen LogP contribution in [0.1, 0.15) is 20.8 Å². The Bertz CT molecular complexity index is 828. The predicted molar refractivity (Wildman–Crippen MR) is 100 cm³/mol. The Balaban J connectivity index is 1.57. The number of rotatable bonds is 5. The molecule has 1 heterocycles. The number of benzene rings is 2. The van der Waals surface area contributed by atoms with Crippen LogP contribution in [0, 0.1) is 6.92 Å². The number of hydrogen-bond donors (Lipinski definition) is 2. The third kappa shape index (κ3) is 4.34. The summed E-state index contributed by atoms with van der Waals surface area (Å²) in [5.74, 6) is -0.116. The van der Waals surface area contributed by atoms with Gasteiger partial charge in [0, 0.05) is 28.0 Å². The van der Waals surface area contributed by atoms with Crippen molar-refractivity contribution in [3.05, 3.63) is 75.2 Å². The Kier molecular flexibility index (Phi) is 5.13. The van der Waals surface area contributed by atoms with E-state index in [1.807, 2.05) is 55.5 Å². The molecule has 2 aromatic carbocycles. The Morgan fingerprint density at radius 2 is 1.75 bits per heavy atom. The highest BCUT2D eigenvalue weighted by atomic mass is 35.5. The second kappa shape index (κ2) is 7.47. The summed E-state index contributed by atoms with van der Waals surface area (Å²) in [6.45, 7) is 2.66. The molecule has 0 fully saturated rings. The summed E-state index contributed by atoms with van der Waals surface area (Å²) in [4.78, 5) is 17.3. The number of halogens is 1. The number of aromatic nitrogens is 1. The smallest absolute Gasteiger partial charge is 0.255 e. The molecular formula is C18H16ClN3OS. The van der Waals surface area contributed by atoms with Crippen molar-refractivity contribution in [2.75, 3.05) is 10.6 Å². The topological polar surface area (TPSA) is 54.0 Å². The SMILES string of the molecule is Cc1ccc(C(=O)Nc2ccc(NCc3cnc(Cl)s3)cc2)cc1. The first-order valence-corrected chi connectivity index (χ1v) is 8.62. The molecule has 0 aliphatic rings. The average molecular weight is 358 g/mol. The summed E-state index contributed by atoms with van der Waals surface area (Å²) in [5.41, 5.74) is 3.49. The van der Waals surface area contributed by atoms with Crippen molar-refractivity contribution in [3.63, 3.8) is 0 Å². The van der Waals surface area contributed by atoms with Gasteiger partial charge in [-0.25, -0.2) is 4.98 Å². The second-order valence-electron chi connectivity index (χ2n) is 5.33. The maximum Gasteiger partial charge on any atom is 0.255 e. The van der Waals surface area contributed by atoms with Crippen LogP contribution < -0.4 is 10.6 Å². The van der Waals surface area contributed by atoms with Gasteiger partial charge in [-0.05, 0) is 43.3 Å². The van der Waals surface area contributed by atoms with Gasteiger partial charge in [-0.1, -0.05) is 29.3 Å². The molecule has 0 aliphatic carbocycles. The maximum absolute atomic E-state index is 12.2. The molecule has 0 saturated carbocycles. The number of nitrogens with one attached hydrogen (secondary N) is 2. The van der Waals surface area contributed by atoms with Crippen LogP contribution in [0.4, 0.5) is 11.4 Å². The van der Waals surface area contributed by atoms with Gasteiger partial charge >= 0.3 is 0 Å². The van der Waals surface area contributed by atoms with Gasteiger partial charge in [0.25, 0.3) is 5.91 Å². The number of hydrogen-bond acceptors (Lipinski definition) is 4. The summed E-state index contributed by atoms with van der Waals surface area (Å²) in [6, 6.07) is 15.1. The molecule has 122 valence electrons. The van der Waals surface area contributed by atoms with Crippen molar-refractivity contribution in [1.29, 1.82) is 0 Å². The Labute approximate surface area is 149 Å². The van der Waals surface area contributed by atoms with Crippen molar-refractivity contribution < 1.29 is 4.79 Å². The first-order valence-electron chi connectivity index (χ1n) is 7.42. The minimum Gasteiger partial charge on any atom is -0.380 e. The molecule has 4 nitrogen and oxygen atoms in total. The largest absolute Gasteiger partial charge is 0.380 e. The maximum atomic E-state index is 12.2. The Morgan fingerprint density at radius 1 is 1.08 bits per heavy atom. The number of aryl methyl sites for hydroxylation is 1. The van der Waals surface area contributed by atoms with Crippen LogP contribution in [0.3, 0.4) is 0 Å². The fraction of sp³-hybridized carbons (Fsp3) is 0.111. The second-order valence-corrected chi connectivity index (χ2v) is 7.03. The molecule has 0 aliphatic heterocycles. The van der Waals surface area contributed by atoms with E-state index in [1.165, 1.54) is 11.3 Å². The monoisotopic (exact) mass is 357 g/mol. The fourth-order valence-corrected chi connectivity index (χ4v) is 3.05. The third-order valence-electron chi connectivity index (χ3n) is 3.45. The van der Waals surface area contributed by atoms with Gasteiger partial charge in [0.2, 0.25) is 0 Å². The molecule has 3 aromatic rings. The molecule has 2 N–H and O–H groups in total.